The highest BCUT2D eigenvalue weighted by Gasteiger charge is 1.93. The van der Waals surface area contributed by atoms with Crippen molar-refractivity contribution in [2.75, 3.05) is 12.0 Å². The van der Waals surface area contributed by atoms with Gasteiger partial charge in [-0.2, -0.15) is 0 Å². The van der Waals surface area contributed by atoms with Gasteiger partial charge in [0.25, 0.3) is 6.33 Å². The number of imidazole rings is 1. The Morgan fingerprint density at radius 1 is 1.60 bits per heavy atom. The van der Waals surface area contributed by atoms with Crippen LogP contribution in [0.15, 0.2) is 18.7 Å². The summed E-state index contributed by atoms with van der Waals surface area (Å²) >= 11 is 0. The molecule has 1 aromatic rings. The predicted octanol–water partition coefficient (Wildman–Crippen LogP) is -3.12. The maximum absolute atomic E-state index is 3.12. The van der Waals surface area contributed by atoms with Gasteiger partial charge in [0, 0.05) is 6.54 Å². The number of aryl methyl sites for hydroxylation is 1. The van der Waals surface area contributed by atoms with Gasteiger partial charge in [-0.15, -0.1) is 4.68 Å². The molecule has 0 radical (unpaired) electrons. The van der Waals surface area contributed by atoms with Gasteiger partial charge >= 0.3 is 0 Å². The van der Waals surface area contributed by atoms with E-state index < -0.39 is 0 Å². The van der Waals surface area contributed by atoms with Gasteiger partial charge in [0.15, 0.2) is 6.20 Å². The maximum atomic E-state index is 3.12. The fourth-order valence-electron chi connectivity index (χ4n) is 0.726. The fourth-order valence-corrected chi connectivity index (χ4v) is 0.726. The van der Waals surface area contributed by atoms with Crippen LogP contribution in [0.4, 0.5) is 0 Å². The molecule has 0 aliphatic carbocycles. The molecule has 3 nitrogen and oxygen atoms in total. The molecule has 58 valence electrons. The summed E-state index contributed by atoms with van der Waals surface area (Å²) in [6.45, 7) is 3.02. The summed E-state index contributed by atoms with van der Waals surface area (Å²) in [7, 11) is 1.99. The third kappa shape index (κ3) is 2.39. The Hall–Kier alpha value is -0.510. The van der Waals surface area contributed by atoms with Crippen LogP contribution in [0.25, 0.3) is 0 Å². The number of nitrogens with one attached hydrogen (secondary N) is 1. The molecule has 0 amide bonds. The van der Waals surface area contributed by atoms with Gasteiger partial charge in [-0.05, 0) is 6.92 Å². The molecule has 1 rings (SSSR count). The Kier molecular flexibility index (Phi) is 4.11. The zero-order chi connectivity index (χ0) is 6.69. The van der Waals surface area contributed by atoms with E-state index in [1.54, 1.807) is 0 Å². The average molecular weight is 206 g/mol. The van der Waals surface area contributed by atoms with Crippen LogP contribution >= 0.6 is 0 Å². The molecule has 0 aromatic carbocycles. The number of aromatic nitrogens is 2. The van der Waals surface area contributed by atoms with Crippen molar-refractivity contribution in [3.8, 4) is 0 Å². The molecule has 1 N–H and O–H groups in total. The van der Waals surface area contributed by atoms with Crippen LogP contribution in [0.2, 0.25) is 0 Å². The minimum Gasteiger partial charge on any atom is -1.00 e. The standard InChI is InChI=1S/C6H12N3.BrH/c1-3-7-9-5-4-8(2)6-9;/h4-7H,3H2,1-2H3;1H/q+1;/p-1. The van der Waals surface area contributed by atoms with Crippen LogP contribution in [0.5, 0.6) is 0 Å². The summed E-state index contributed by atoms with van der Waals surface area (Å²) in [6, 6.07) is 0. The zero-order valence-corrected chi connectivity index (χ0v) is 7.80. The van der Waals surface area contributed by atoms with Gasteiger partial charge in [-0.3, -0.25) is 5.43 Å². The predicted molar refractivity (Wildman–Crippen MR) is 35.5 cm³/mol. The van der Waals surface area contributed by atoms with Crippen LogP contribution < -0.4 is 27.0 Å². The zero-order valence-electron chi connectivity index (χ0n) is 6.21. The Bertz CT molecular complexity index is 185. The molecule has 0 unspecified atom stereocenters. The van der Waals surface area contributed by atoms with Gasteiger partial charge in [0.1, 0.15) is 6.20 Å². The second kappa shape index (κ2) is 4.33. The molecule has 0 saturated carbocycles. The quantitative estimate of drug-likeness (QED) is 0.508. The third-order valence-electron chi connectivity index (χ3n) is 1.11. The Labute approximate surface area is 71.4 Å². The number of hydrogen-bond acceptors (Lipinski definition) is 1. The van der Waals surface area contributed by atoms with E-state index >= 15 is 0 Å². The van der Waals surface area contributed by atoms with E-state index in [1.807, 2.05) is 35.0 Å². The van der Waals surface area contributed by atoms with Crippen molar-refractivity contribution >= 4 is 0 Å². The van der Waals surface area contributed by atoms with Crippen LogP contribution in [-0.4, -0.2) is 11.2 Å². The molecule has 0 bridgehead atoms. The van der Waals surface area contributed by atoms with Crippen molar-refractivity contribution in [2.24, 2.45) is 7.05 Å². The first-order valence-electron chi connectivity index (χ1n) is 3.10. The van der Waals surface area contributed by atoms with Crippen molar-refractivity contribution in [1.82, 2.24) is 4.68 Å². The lowest BCUT2D eigenvalue weighted by Crippen LogP contribution is -3.00. The maximum Gasteiger partial charge on any atom is 0.266 e. The second-order valence-electron chi connectivity index (χ2n) is 2.00. The Balaban J connectivity index is 0.000000810. The highest BCUT2D eigenvalue weighted by Crippen LogP contribution is 1.74. The molecule has 0 aliphatic rings. The molecule has 0 aliphatic heterocycles. The highest BCUT2D eigenvalue weighted by atomic mass is 79.9. The van der Waals surface area contributed by atoms with Crippen molar-refractivity contribution in [1.29, 1.82) is 0 Å². The molecule has 1 aromatic heterocycles. The van der Waals surface area contributed by atoms with Gasteiger partial charge in [0.2, 0.25) is 0 Å². The van der Waals surface area contributed by atoms with Crippen molar-refractivity contribution < 1.29 is 21.5 Å². The first-order chi connectivity index (χ1) is 4.33. The average Bonchev–Trinajstić information content (AvgIpc) is 2.17. The smallest absolute Gasteiger partial charge is 0.266 e. The number of nitrogens with zero attached hydrogens (tertiary/aromatic N) is 2. The molecule has 1 heterocycles. The minimum absolute atomic E-state index is 0. The van der Waals surface area contributed by atoms with Crippen molar-refractivity contribution in [2.45, 2.75) is 6.92 Å². The summed E-state index contributed by atoms with van der Waals surface area (Å²) in [5.41, 5.74) is 3.12. The Morgan fingerprint density at radius 2 is 2.30 bits per heavy atom. The summed E-state index contributed by atoms with van der Waals surface area (Å²) in [5.74, 6) is 0. The number of halogens is 1. The van der Waals surface area contributed by atoms with Crippen LogP contribution in [0, 0.1) is 0 Å². The van der Waals surface area contributed by atoms with E-state index in [2.05, 4.69) is 12.3 Å². The first-order valence-corrected chi connectivity index (χ1v) is 3.10. The molecule has 0 spiro atoms. The normalized spacial score (nSPS) is 8.60. The summed E-state index contributed by atoms with van der Waals surface area (Å²) < 4.78 is 3.92. The van der Waals surface area contributed by atoms with E-state index in [9.17, 15) is 0 Å². The summed E-state index contributed by atoms with van der Waals surface area (Å²) in [5, 5.41) is 0. The molecule has 10 heavy (non-hydrogen) atoms. The third-order valence-corrected chi connectivity index (χ3v) is 1.11. The van der Waals surface area contributed by atoms with E-state index in [0.29, 0.717) is 0 Å². The lowest BCUT2D eigenvalue weighted by Gasteiger charge is -1.91. The van der Waals surface area contributed by atoms with Gasteiger partial charge in [0.05, 0.1) is 7.05 Å². The molecule has 0 saturated heterocycles. The van der Waals surface area contributed by atoms with E-state index in [1.165, 1.54) is 0 Å². The fraction of sp³-hybridized carbons (Fsp3) is 0.500. The van der Waals surface area contributed by atoms with E-state index in [4.69, 9.17) is 0 Å². The highest BCUT2D eigenvalue weighted by molar-refractivity contribution is 4.72. The largest absolute Gasteiger partial charge is 1.00 e. The molecular formula is C6H12BrN3. The summed E-state index contributed by atoms with van der Waals surface area (Å²) in [4.78, 5) is 0. The number of rotatable bonds is 2. The second-order valence-corrected chi connectivity index (χ2v) is 2.00. The minimum atomic E-state index is 0. The molecule has 0 fully saturated rings. The SMILES string of the molecule is CCNn1cc[n+](C)c1.[Br-]. The lowest BCUT2D eigenvalue weighted by molar-refractivity contribution is -0.670. The number of hydrogen-bond donors (Lipinski definition) is 1. The monoisotopic (exact) mass is 205 g/mol. The van der Waals surface area contributed by atoms with Gasteiger partial charge < -0.3 is 17.0 Å². The van der Waals surface area contributed by atoms with Crippen molar-refractivity contribution in [3.63, 3.8) is 0 Å². The molecule has 4 heteroatoms. The van der Waals surface area contributed by atoms with Crippen molar-refractivity contribution in [3.05, 3.63) is 18.7 Å². The summed E-state index contributed by atoms with van der Waals surface area (Å²) in [6.07, 6.45) is 5.94. The Morgan fingerprint density at radius 3 is 2.70 bits per heavy atom. The lowest BCUT2D eigenvalue weighted by atomic mass is 10.8. The van der Waals surface area contributed by atoms with Gasteiger partial charge in [-0.25, -0.2) is 4.57 Å². The van der Waals surface area contributed by atoms with Crippen LogP contribution in [-0.2, 0) is 7.05 Å². The first kappa shape index (κ1) is 9.49. The van der Waals surface area contributed by atoms with Gasteiger partial charge in [-0.1, -0.05) is 0 Å². The van der Waals surface area contributed by atoms with Crippen LogP contribution in [0.3, 0.4) is 0 Å². The molecule has 0 atom stereocenters. The molecular weight excluding hydrogens is 194 g/mol. The van der Waals surface area contributed by atoms with Crippen LogP contribution in [0.1, 0.15) is 6.92 Å². The van der Waals surface area contributed by atoms with E-state index in [-0.39, 0.29) is 17.0 Å². The van der Waals surface area contributed by atoms with E-state index in [0.717, 1.165) is 6.54 Å². The topological polar surface area (TPSA) is 20.8 Å².